The van der Waals surface area contributed by atoms with E-state index in [2.05, 4.69) is 115 Å². The Kier molecular flexibility index (Phi) is 15.5. The molecule has 7 heteroatoms. The zero-order valence-electron chi connectivity index (χ0n) is 25.2. The van der Waals surface area contributed by atoms with Crippen LogP contribution in [0, 0.1) is 0 Å². The Morgan fingerprint density at radius 3 is 1.09 bits per heavy atom. The molecule has 35 heavy (non-hydrogen) atoms. The summed E-state index contributed by atoms with van der Waals surface area (Å²) in [5, 5.41) is 20.1. The van der Waals surface area contributed by atoms with E-state index in [0.717, 1.165) is 14.2 Å². The molecule has 0 spiro atoms. The van der Waals surface area contributed by atoms with Gasteiger partial charge in [-0.2, -0.15) is 14.2 Å². The van der Waals surface area contributed by atoms with Gasteiger partial charge in [0.15, 0.2) is 0 Å². The molecule has 0 radical (unpaired) electrons. The van der Waals surface area contributed by atoms with Crippen LogP contribution in [-0.4, -0.2) is 64.0 Å². The van der Waals surface area contributed by atoms with Crippen LogP contribution in [-0.2, 0) is 22.9 Å². The quantitative estimate of drug-likeness (QED) is 0.298. The number of hydrogen-bond donors (Lipinski definition) is 0. The van der Waals surface area contributed by atoms with E-state index in [1.807, 2.05) is 6.66 Å². The zero-order valence-corrected chi connectivity index (χ0v) is 30.8. The second-order valence-corrected chi connectivity index (χ2v) is 25.0. The molecule has 2 aliphatic carbocycles. The summed E-state index contributed by atoms with van der Waals surface area (Å²) in [7, 11) is -1.81. The Labute approximate surface area is 231 Å². The molecule has 0 aromatic heterocycles. The molecule has 200 valence electrons. The molecule has 0 amide bonds. The monoisotopic (exact) mass is 686 g/mol. The molecule has 0 aromatic rings. The van der Waals surface area contributed by atoms with E-state index in [0.29, 0.717) is 24.2 Å². The van der Waals surface area contributed by atoms with Crippen LogP contribution in [0.3, 0.4) is 0 Å². The summed E-state index contributed by atoms with van der Waals surface area (Å²) >= 11 is -1.03. The third-order valence-corrected chi connectivity index (χ3v) is 22.6. The molecule has 0 heterocycles. The molecule has 0 fully saturated rings. The predicted molar refractivity (Wildman–Crippen MR) is 153 cm³/mol. The van der Waals surface area contributed by atoms with Crippen molar-refractivity contribution in [3.8, 4) is 0 Å². The molecular formula is C28H54HfN2O2Si2. The Morgan fingerprint density at radius 2 is 0.857 bits per heavy atom. The van der Waals surface area contributed by atoms with Crippen LogP contribution in [0.4, 0.5) is 0 Å². The van der Waals surface area contributed by atoms with Crippen molar-refractivity contribution in [2.75, 3.05) is 14.2 Å². The second-order valence-electron chi connectivity index (χ2n) is 11.4. The molecule has 0 bridgehead atoms. The van der Waals surface area contributed by atoms with E-state index >= 15 is 0 Å². The minimum atomic E-state index is -1.65. The van der Waals surface area contributed by atoms with Gasteiger partial charge in [0.05, 0.1) is 0 Å². The van der Waals surface area contributed by atoms with Crippen molar-refractivity contribution >= 4 is 16.5 Å². The summed E-state index contributed by atoms with van der Waals surface area (Å²) in [6.07, 6.45) is 12.5. The maximum Gasteiger partial charge on any atom is -0.153 e. The first kappa shape index (κ1) is 35.1. The third-order valence-electron chi connectivity index (χ3n) is 7.00. The van der Waals surface area contributed by atoms with Crippen molar-refractivity contribution in [3.05, 3.63) is 41.4 Å². The average Bonchev–Trinajstić information content (AvgIpc) is 3.40. The largest absolute Gasteiger partial charge is 0.857 e. The number of allylic oxidation sites excluding steroid dienone is 8. The Balaban J connectivity index is 0.00000274. The Morgan fingerprint density at radius 1 is 0.600 bits per heavy atom. The van der Waals surface area contributed by atoms with Gasteiger partial charge in [0, 0.05) is 0 Å². The van der Waals surface area contributed by atoms with Gasteiger partial charge in [0.25, 0.3) is 0 Å². The smallest absolute Gasteiger partial charge is 0.153 e. The third kappa shape index (κ3) is 8.55. The molecular weight excluding hydrogens is 631 g/mol. The normalized spacial score (nSPS) is 16.2. The van der Waals surface area contributed by atoms with Gasteiger partial charge in [-0.05, 0) is 0 Å². The number of nitrogens with zero attached hydrogens (tertiary/aromatic N) is 2. The van der Waals surface area contributed by atoms with E-state index in [1.54, 1.807) is 10.4 Å². The van der Waals surface area contributed by atoms with Crippen molar-refractivity contribution in [1.82, 2.24) is 9.13 Å². The summed E-state index contributed by atoms with van der Waals surface area (Å²) in [4.78, 5) is 0. The first-order valence-electron chi connectivity index (χ1n) is 13.2. The Bertz CT molecular complexity index is 702. The molecule has 2 aliphatic rings. The minimum absolute atomic E-state index is 0.609. The molecule has 0 N–H and O–H groups in total. The molecule has 0 aliphatic heterocycles. The van der Waals surface area contributed by atoms with Gasteiger partial charge < -0.3 is 10.2 Å². The summed E-state index contributed by atoms with van der Waals surface area (Å²) < 4.78 is 9.48. The van der Waals surface area contributed by atoms with Crippen LogP contribution >= 0.6 is 0 Å². The van der Waals surface area contributed by atoms with Gasteiger partial charge in [0.1, 0.15) is 0 Å². The molecule has 0 saturated heterocycles. The topological polar surface area (TPSA) is 52.6 Å². The maximum atomic E-state index is 8.25. The van der Waals surface area contributed by atoms with Crippen molar-refractivity contribution in [1.29, 1.82) is 0 Å². The van der Waals surface area contributed by atoms with E-state index in [-0.39, 0.29) is 0 Å². The summed E-state index contributed by atoms with van der Waals surface area (Å²) in [5.41, 5.74) is 0. The van der Waals surface area contributed by atoms with Gasteiger partial charge in [-0.3, -0.25) is 0 Å². The first-order valence-corrected chi connectivity index (χ1v) is 22.7. The van der Waals surface area contributed by atoms with E-state index in [9.17, 15) is 0 Å². The molecule has 0 unspecified atom stereocenters. The minimum Gasteiger partial charge on any atom is -0.857 e. The van der Waals surface area contributed by atoms with Gasteiger partial charge in [-0.15, -0.1) is 0 Å². The molecule has 0 atom stereocenters. The van der Waals surface area contributed by atoms with Crippen molar-refractivity contribution in [2.24, 2.45) is 0 Å². The SMILES string of the molecule is CC(C)N(C(C)C)[Si](C)(C)C1=[C]([Hf+2][C]2=C([Si](C)(C)N(C(C)C)C(C)C)C=CC2)CC=C1.C[O-].C[O-]. The summed E-state index contributed by atoms with van der Waals surface area (Å²) in [6, 6.07) is 2.44. The summed E-state index contributed by atoms with van der Waals surface area (Å²) in [5.74, 6) is 0. The van der Waals surface area contributed by atoms with Crippen molar-refractivity contribution < 1.29 is 33.1 Å². The molecule has 2 rings (SSSR count). The average molecular weight is 685 g/mol. The van der Waals surface area contributed by atoms with Crippen LogP contribution in [0.1, 0.15) is 68.2 Å². The van der Waals surface area contributed by atoms with Crippen molar-refractivity contribution in [3.63, 3.8) is 0 Å². The van der Waals surface area contributed by atoms with Crippen molar-refractivity contribution in [2.45, 2.75) is 119 Å². The zero-order chi connectivity index (χ0) is 27.7. The van der Waals surface area contributed by atoms with Crippen LogP contribution in [0.25, 0.3) is 0 Å². The molecule has 0 aromatic carbocycles. The molecule has 4 nitrogen and oxygen atoms in total. The second kappa shape index (κ2) is 15.5. The standard InChI is InChI=1S/2C13H24NSi.2CH3O.Hf/c2*1-11(2)14(12(3)4)15(5,6)13-9-7-8-10-13;2*1-2;/h2*7,9,11-12H,8H2,1-6H3;2*1H3;/q;;2*-1;+2. The van der Waals surface area contributed by atoms with E-state index in [1.165, 1.54) is 12.8 Å². The van der Waals surface area contributed by atoms with Gasteiger partial charge in [-0.1, -0.05) is 0 Å². The van der Waals surface area contributed by atoms with Gasteiger partial charge in [-0.25, -0.2) is 0 Å². The fraction of sp³-hybridized carbons (Fsp3) is 0.714. The number of hydrogen-bond acceptors (Lipinski definition) is 4. The van der Waals surface area contributed by atoms with Crippen LogP contribution < -0.4 is 10.2 Å². The predicted octanol–water partition coefficient (Wildman–Crippen LogP) is 5.18. The van der Waals surface area contributed by atoms with E-state index in [4.69, 9.17) is 10.2 Å². The molecule has 0 saturated carbocycles. The van der Waals surface area contributed by atoms with Crippen LogP contribution in [0.15, 0.2) is 41.4 Å². The summed E-state index contributed by atoms with van der Waals surface area (Å²) in [6.45, 7) is 29.5. The van der Waals surface area contributed by atoms with Crippen LogP contribution in [0.2, 0.25) is 26.2 Å². The van der Waals surface area contributed by atoms with Gasteiger partial charge >= 0.3 is 208 Å². The van der Waals surface area contributed by atoms with Gasteiger partial charge in [0.2, 0.25) is 0 Å². The maximum absolute atomic E-state index is 8.25. The van der Waals surface area contributed by atoms with Crippen LogP contribution in [0.5, 0.6) is 0 Å². The Hall–Kier alpha value is 0.104. The van der Waals surface area contributed by atoms with E-state index < -0.39 is 39.4 Å². The fourth-order valence-corrected chi connectivity index (χ4v) is 27.2. The fourth-order valence-electron chi connectivity index (χ4n) is 6.63. The first-order chi connectivity index (χ1) is 16.2. The number of rotatable bonds is 10.